The van der Waals surface area contributed by atoms with Gasteiger partial charge in [0.2, 0.25) is 0 Å². The van der Waals surface area contributed by atoms with Crippen LogP contribution in [0.3, 0.4) is 0 Å². The topological polar surface area (TPSA) is 223 Å². The van der Waals surface area contributed by atoms with E-state index in [1.807, 2.05) is 83.6 Å². The van der Waals surface area contributed by atoms with Crippen LogP contribution in [0.1, 0.15) is 311 Å². The van der Waals surface area contributed by atoms with Crippen LogP contribution in [-0.2, 0) is 6.54 Å². The largest absolute Gasteiger partial charge is 0.471 e. The molecule has 0 radical (unpaired) electrons. The van der Waals surface area contributed by atoms with E-state index in [2.05, 4.69) is 300 Å². The molecule has 0 saturated carbocycles. The molecule has 0 unspecified atom stereocenters. The predicted octanol–water partition coefficient (Wildman–Crippen LogP) is 21.6. The van der Waals surface area contributed by atoms with Gasteiger partial charge < -0.3 is 38.2 Å². The third kappa shape index (κ3) is 20.7. The van der Waals surface area contributed by atoms with Crippen molar-refractivity contribution in [3.05, 3.63) is 194 Å². The molecule has 2 aliphatic heterocycles. The maximum atomic E-state index is 11.9. The number of hydrogen-bond acceptors (Lipinski definition) is 13. The SMILES string of the molecule is CC(C)c1ccc2[nH]c(=O)n(C(C)C)c2n1.CC(C)c1ccc2c(c1)N(C(C)C)C(=O)NC2.CC(C)c1ccc2c(c1)N(C(C)C)CO2.CC(C)c1ccc2ncc(=O)n(C(C)C)c2c1.CC(C)c1ccc2ncn(C(C)C)c2c1.CC(C)c1ccc2ncn(C(C)C)c2n1.CC(C)c1ncc2ncn(C(C)C)c2n1. The summed E-state index contributed by atoms with van der Waals surface area (Å²) in [6, 6.07) is 35.8. The Kier molecular flexibility index (Phi) is 29.2. The Balaban J connectivity index is 0.000000161. The van der Waals surface area contributed by atoms with Gasteiger partial charge in [0.05, 0.1) is 70.3 Å². The second-order valence-corrected chi connectivity index (χ2v) is 33.0. The molecule has 2 N–H and O–H groups in total. The molecule has 590 valence electrons. The number of ether oxygens (including phenoxy) is 1. The molecule has 2 amide bonds. The average molecular weight is 1500 g/mol. The van der Waals surface area contributed by atoms with E-state index in [4.69, 9.17) is 4.74 Å². The number of aromatic nitrogens is 14. The number of rotatable bonds is 14. The molecule has 10 heterocycles. The predicted molar refractivity (Wildman–Crippen MR) is 455 cm³/mol. The normalized spacial score (nSPS) is 12.7. The summed E-state index contributed by atoms with van der Waals surface area (Å²) >= 11 is 0. The maximum Gasteiger partial charge on any atom is 0.327 e. The standard InChI is InChI=1S/C14H18N2O.C14H20N2O.C13H18N2.C13H19NO.C12H17N3O.C12H17N3.C11H16N4/c1-9(2)11-5-6-12-13(7-11)16(10(3)4)14(17)8-15-12;1-9(2)11-5-6-12-8-15-14(17)16(10(3)4)13(12)7-11;1-9(2)11-5-6-12-13(7-11)15(8-14-12)10(3)4;1-9(2)11-5-6-13-12(7-11)14(8-15-13)10(3)4;1-7(2)9-5-6-10-11(13-9)15(8(3)4)12(16)14-10;1-8(2)10-5-6-11-12(14-10)15(7-13-11)9(3)4;1-7(2)10-12-5-9-11(14-10)15(6-13-9)8(3)4/h5-10H,1-4H3;5-7,9-10H,8H2,1-4H3,(H,15,17);5-10H,1-4H3;5-7,9-10H,8H2,1-4H3;5-8H,1-4H3,(H,14,16);5-9H,1-4H3;5-8H,1-4H3. The molecule has 21 heteroatoms. The fraction of sp³-hybridized carbons (Fsp3) is 0.494. The number of imidazole rings is 4. The molecule has 2 aliphatic rings. The summed E-state index contributed by atoms with van der Waals surface area (Å²) in [6.45, 7) is 60.9. The van der Waals surface area contributed by atoms with Gasteiger partial charge in [-0.05, 0) is 227 Å². The Hall–Kier alpha value is -10.0. The summed E-state index contributed by atoms with van der Waals surface area (Å²) in [6.07, 6.45) is 8.83. The van der Waals surface area contributed by atoms with E-state index >= 15 is 0 Å². The van der Waals surface area contributed by atoms with E-state index in [0.717, 1.165) is 78.7 Å². The van der Waals surface area contributed by atoms with Crippen molar-refractivity contribution in [1.29, 1.82) is 0 Å². The first-order valence-corrected chi connectivity index (χ1v) is 39.7. The van der Waals surface area contributed by atoms with Crippen LogP contribution in [-0.4, -0.2) is 92.5 Å². The number of hydrogen-bond donors (Lipinski definition) is 2. The van der Waals surface area contributed by atoms with Gasteiger partial charge in [-0.25, -0.2) is 49.5 Å². The molecule has 0 atom stereocenters. The number of fused-ring (bicyclic) bond motifs is 7. The van der Waals surface area contributed by atoms with Gasteiger partial charge >= 0.3 is 11.7 Å². The number of carbonyl (C=O) groups is 1. The van der Waals surface area contributed by atoms with Crippen LogP contribution in [0.2, 0.25) is 0 Å². The summed E-state index contributed by atoms with van der Waals surface area (Å²) in [4.78, 5) is 77.7. The molecule has 0 spiro atoms. The molecular weight excluding hydrogens is 1370 g/mol. The van der Waals surface area contributed by atoms with Crippen LogP contribution in [0.25, 0.3) is 55.6 Å². The van der Waals surface area contributed by atoms with Crippen LogP contribution in [0.4, 0.5) is 16.2 Å². The number of benzene rings is 4. The monoisotopic (exact) mass is 1500 g/mol. The molecule has 12 aromatic rings. The maximum absolute atomic E-state index is 11.9. The zero-order chi connectivity index (χ0) is 81.0. The van der Waals surface area contributed by atoms with Crippen molar-refractivity contribution in [1.82, 2.24) is 73.0 Å². The highest BCUT2D eigenvalue weighted by molar-refractivity contribution is 5.95. The lowest BCUT2D eigenvalue weighted by molar-refractivity contribution is 0.243. The Morgan fingerprint density at radius 2 is 0.855 bits per heavy atom. The van der Waals surface area contributed by atoms with Gasteiger partial charge in [0.1, 0.15) is 22.6 Å². The van der Waals surface area contributed by atoms with Gasteiger partial charge in [-0.15, -0.1) is 0 Å². The van der Waals surface area contributed by atoms with Gasteiger partial charge in [0.15, 0.2) is 23.7 Å². The van der Waals surface area contributed by atoms with Crippen LogP contribution < -0.4 is 31.1 Å². The number of nitrogens with one attached hydrogen (secondary N) is 2. The van der Waals surface area contributed by atoms with Gasteiger partial charge in [-0.2, -0.15) is 0 Å². The highest BCUT2D eigenvalue weighted by Gasteiger charge is 2.27. The van der Waals surface area contributed by atoms with E-state index in [-0.39, 0.29) is 35.4 Å². The lowest BCUT2D eigenvalue weighted by Crippen LogP contribution is -2.47. The first-order valence-electron chi connectivity index (χ1n) is 39.7. The van der Waals surface area contributed by atoms with Gasteiger partial charge in [0, 0.05) is 66.1 Å². The van der Waals surface area contributed by atoms with Crippen molar-refractivity contribution in [2.75, 3.05) is 16.5 Å². The Morgan fingerprint density at radius 3 is 1.38 bits per heavy atom. The zero-order valence-electron chi connectivity index (χ0n) is 71.0. The van der Waals surface area contributed by atoms with Crippen molar-refractivity contribution in [3.63, 3.8) is 0 Å². The molecular formula is C89H125N17O4. The molecule has 0 aliphatic carbocycles. The number of anilines is 2. The Bertz CT molecular complexity index is 4940. The zero-order valence-corrected chi connectivity index (χ0v) is 71.0. The van der Waals surface area contributed by atoms with Crippen molar-refractivity contribution < 1.29 is 9.53 Å². The number of H-pyrrole nitrogens is 1. The Labute approximate surface area is 652 Å². The highest BCUT2D eigenvalue weighted by Crippen LogP contribution is 2.38. The lowest BCUT2D eigenvalue weighted by atomic mass is 9.98. The molecule has 14 rings (SSSR count). The quantitative estimate of drug-likeness (QED) is 0.104. The molecule has 0 saturated heterocycles. The summed E-state index contributed by atoms with van der Waals surface area (Å²) in [5.41, 5.74) is 20.3. The van der Waals surface area contributed by atoms with Gasteiger partial charge in [-0.3, -0.25) is 14.3 Å². The number of aromatic amines is 1. The molecule has 0 fully saturated rings. The molecule has 4 aromatic carbocycles. The molecule has 0 bridgehead atoms. The number of nitrogens with zero attached hydrogens (tertiary/aromatic N) is 15. The van der Waals surface area contributed by atoms with E-state index in [9.17, 15) is 14.4 Å². The van der Waals surface area contributed by atoms with Crippen LogP contribution in [0.15, 0.2) is 138 Å². The van der Waals surface area contributed by atoms with Crippen molar-refractivity contribution >= 4 is 73.0 Å². The minimum atomic E-state index is -0.0848. The minimum absolute atomic E-state index is 0.00778. The highest BCUT2D eigenvalue weighted by atomic mass is 16.5. The van der Waals surface area contributed by atoms with Crippen LogP contribution in [0, 0.1) is 0 Å². The average Bonchev–Trinajstić information content (AvgIpc) is 1.72. The van der Waals surface area contributed by atoms with E-state index in [1.54, 1.807) is 15.3 Å². The van der Waals surface area contributed by atoms with Crippen molar-refractivity contribution in [2.45, 2.75) is 284 Å². The van der Waals surface area contributed by atoms with Crippen LogP contribution >= 0.6 is 0 Å². The summed E-state index contributed by atoms with van der Waals surface area (Å²) in [5, 5.41) is 2.91. The van der Waals surface area contributed by atoms with E-state index in [1.165, 1.54) is 45.2 Å². The van der Waals surface area contributed by atoms with Gasteiger partial charge in [-0.1, -0.05) is 127 Å². The minimum Gasteiger partial charge on any atom is -0.471 e. The Morgan fingerprint density at radius 1 is 0.382 bits per heavy atom. The number of pyridine rings is 2. The van der Waals surface area contributed by atoms with Gasteiger partial charge in [0.25, 0.3) is 5.56 Å². The first kappa shape index (κ1) is 85.6. The second kappa shape index (κ2) is 37.6. The first-order chi connectivity index (χ1) is 51.9. The second-order valence-electron chi connectivity index (χ2n) is 33.0. The number of urea groups is 1. The fourth-order valence-electron chi connectivity index (χ4n) is 12.9. The molecule has 8 aromatic heterocycles. The van der Waals surface area contributed by atoms with E-state index < -0.39 is 0 Å². The molecule has 110 heavy (non-hydrogen) atoms. The third-order valence-electron chi connectivity index (χ3n) is 19.6. The summed E-state index contributed by atoms with van der Waals surface area (Å²) in [5.74, 6) is 5.17. The fourth-order valence-corrected chi connectivity index (χ4v) is 12.9. The summed E-state index contributed by atoms with van der Waals surface area (Å²) in [7, 11) is 0. The van der Waals surface area contributed by atoms with Crippen molar-refractivity contribution in [2.24, 2.45) is 0 Å². The lowest BCUT2D eigenvalue weighted by Gasteiger charge is -2.33. The van der Waals surface area contributed by atoms with Crippen molar-refractivity contribution in [3.8, 4) is 5.75 Å². The smallest absolute Gasteiger partial charge is 0.327 e. The van der Waals surface area contributed by atoms with E-state index in [0.29, 0.717) is 78.9 Å². The number of carbonyl (C=O) groups excluding carboxylic acids is 1. The third-order valence-corrected chi connectivity index (χ3v) is 19.6. The summed E-state index contributed by atoms with van der Waals surface area (Å²) < 4.78 is 15.5. The molecule has 21 nitrogen and oxygen atoms in total. The van der Waals surface area contributed by atoms with Crippen LogP contribution in [0.5, 0.6) is 5.75 Å². The number of amides is 2.